The molecule has 3 unspecified atom stereocenters. The van der Waals surface area contributed by atoms with E-state index in [0.717, 1.165) is 24.0 Å². The number of carbonyl (C=O) groups excluding carboxylic acids is 3. The molecular weight excluding hydrogens is 634 g/mol. The number of fused-ring (bicyclic) bond motifs is 1. The molecule has 8 nitrogen and oxygen atoms in total. The Balaban J connectivity index is 1.57. The van der Waals surface area contributed by atoms with Crippen molar-refractivity contribution in [2.24, 2.45) is 11.8 Å². The van der Waals surface area contributed by atoms with E-state index in [-0.39, 0.29) is 29.2 Å². The van der Waals surface area contributed by atoms with Gasteiger partial charge < -0.3 is 24.5 Å². The molecule has 3 aliphatic rings. The highest BCUT2D eigenvalue weighted by Gasteiger charge is 2.77. The highest BCUT2D eigenvalue weighted by molar-refractivity contribution is 9.09. The summed E-state index contributed by atoms with van der Waals surface area (Å²) in [5.41, 5.74) is 0.694. The van der Waals surface area contributed by atoms with Crippen LogP contribution in [0.1, 0.15) is 37.3 Å². The summed E-state index contributed by atoms with van der Waals surface area (Å²) in [4.78, 5) is 48.7. The number of nitrogens with zero attached hydrogens (tertiary/aromatic N) is 3. The average Bonchev–Trinajstić information content (AvgIpc) is 3.65. The predicted octanol–water partition coefficient (Wildman–Crippen LogP) is 4.37. The Morgan fingerprint density at radius 3 is 2.27 bits per heavy atom. The summed E-state index contributed by atoms with van der Waals surface area (Å²) in [6.07, 6.45) is 5.28. The maximum absolute atomic E-state index is 14.8. The van der Waals surface area contributed by atoms with E-state index in [4.69, 9.17) is 4.74 Å². The van der Waals surface area contributed by atoms with Gasteiger partial charge in [0, 0.05) is 31.0 Å². The van der Waals surface area contributed by atoms with Crippen LogP contribution in [-0.2, 0) is 32.1 Å². The number of amides is 3. The first-order valence-electron chi connectivity index (χ1n) is 15.9. The van der Waals surface area contributed by atoms with Crippen molar-refractivity contribution < 1.29 is 24.2 Å². The molecule has 0 saturated carbocycles. The van der Waals surface area contributed by atoms with Crippen LogP contribution in [0.4, 0.5) is 0 Å². The predicted molar refractivity (Wildman–Crippen MR) is 177 cm³/mol. The first-order valence-corrected chi connectivity index (χ1v) is 16.8. The molecule has 7 atom stereocenters. The molecule has 1 N–H and O–H groups in total. The minimum atomic E-state index is -1.21. The van der Waals surface area contributed by atoms with Crippen LogP contribution in [0.5, 0.6) is 0 Å². The molecule has 9 heteroatoms. The smallest absolute Gasteiger partial charge is 0.248 e. The van der Waals surface area contributed by atoms with E-state index < -0.39 is 35.6 Å². The quantitative estimate of drug-likeness (QED) is 0.224. The number of unbranched alkanes of at least 4 members (excludes halogenated alkanes) is 1. The van der Waals surface area contributed by atoms with Gasteiger partial charge in [0.2, 0.25) is 17.7 Å². The molecule has 3 saturated heterocycles. The van der Waals surface area contributed by atoms with E-state index in [2.05, 4.69) is 36.0 Å². The molecule has 240 valence electrons. The van der Waals surface area contributed by atoms with E-state index >= 15 is 0 Å². The fourth-order valence-electron chi connectivity index (χ4n) is 7.53. The average molecular weight is 679 g/mol. The molecule has 2 bridgehead atoms. The molecule has 5 rings (SSSR count). The van der Waals surface area contributed by atoms with Gasteiger partial charge in [-0.15, -0.1) is 13.2 Å². The van der Waals surface area contributed by atoms with Crippen molar-refractivity contribution in [3.05, 3.63) is 97.1 Å². The van der Waals surface area contributed by atoms with Crippen molar-refractivity contribution in [1.29, 1.82) is 0 Å². The largest absolute Gasteiger partial charge is 0.394 e. The van der Waals surface area contributed by atoms with Crippen molar-refractivity contribution >= 4 is 33.7 Å². The van der Waals surface area contributed by atoms with Crippen molar-refractivity contribution in [1.82, 2.24) is 14.7 Å². The van der Waals surface area contributed by atoms with Crippen LogP contribution in [0.15, 0.2) is 86.0 Å². The lowest BCUT2D eigenvalue weighted by molar-refractivity contribution is -0.151. The fraction of sp³-hybridized carbons (Fsp3) is 0.472. The third-order valence-corrected chi connectivity index (χ3v) is 10.3. The topological polar surface area (TPSA) is 90.4 Å². The number of rotatable bonds is 15. The van der Waals surface area contributed by atoms with Gasteiger partial charge in [0.05, 0.1) is 30.6 Å². The van der Waals surface area contributed by atoms with E-state index in [1.54, 1.807) is 26.9 Å². The van der Waals surface area contributed by atoms with Crippen molar-refractivity contribution in [2.45, 2.75) is 67.8 Å². The number of likely N-dealkylation sites (tertiary alicyclic amines) is 1. The van der Waals surface area contributed by atoms with Crippen LogP contribution in [0.2, 0.25) is 0 Å². The summed E-state index contributed by atoms with van der Waals surface area (Å²) in [7, 11) is 0. The van der Waals surface area contributed by atoms with Crippen LogP contribution in [0.3, 0.4) is 0 Å². The molecule has 2 aromatic carbocycles. The molecule has 1 spiro atoms. The summed E-state index contributed by atoms with van der Waals surface area (Å²) in [5.74, 6) is -2.39. The molecule has 3 aliphatic heterocycles. The number of halogens is 1. The molecule has 0 aliphatic carbocycles. The van der Waals surface area contributed by atoms with Crippen LogP contribution in [0.25, 0.3) is 0 Å². The standard InChI is InChI=1S/C36H44BrN3O5/c1-4-7-20-38(18-5-2)35(44)32-36-22-28(37)31(45-36)29(33(42)39(19-6-3)23-26-16-12-9-13-17-26)30(36)34(43)40(32)27(24-41)21-25-14-10-8-11-15-25/h5-6,8-17,27-32,41H,2-4,7,18-24H2,1H3/t27-,28?,29-,30+,31-,32?,36?/m1/s1. The maximum Gasteiger partial charge on any atom is 0.248 e. The minimum absolute atomic E-state index is 0.196. The van der Waals surface area contributed by atoms with Crippen LogP contribution < -0.4 is 0 Å². The van der Waals surface area contributed by atoms with E-state index in [1.165, 1.54) is 0 Å². The number of carbonyl (C=O) groups is 3. The van der Waals surface area contributed by atoms with Crippen molar-refractivity contribution in [3.8, 4) is 0 Å². The molecule has 2 aromatic rings. The van der Waals surface area contributed by atoms with Gasteiger partial charge in [-0.3, -0.25) is 14.4 Å². The molecule has 3 amide bonds. The normalized spacial score (nSPS) is 27.2. The first kappa shape index (κ1) is 33.1. The molecule has 0 aromatic heterocycles. The second-order valence-corrected chi connectivity index (χ2v) is 13.5. The third kappa shape index (κ3) is 6.27. The zero-order valence-electron chi connectivity index (χ0n) is 26.0. The summed E-state index contributed by atoms with van der Waals surface area (Å²) < 4.78 is 6.78. The lowest BCUT2D eigenvalue weighted by Gasteiger charge is -2.39. The van der Waals surface area contributed by atoms with Crippen LogP contribution >= 0.6 is 15.9 Å². The van der Waals surface area contributed by atoms with E-state index in [9.17, 15) is 19.5 Å². The lowest BCUT2D eigenvalue weighted by Crippen LogP contribution is -2.59. The molecule has 3 fully saturated rings. The molecular formula is C36H44BrN3O5. The summed E-state index contributed by atoms with van der Waals surface area (Å²) >= 11 is 3.79. The Morgan fingerprint density at radius 1 is 1.04 bits per heavy atom. The number of hydrogen-bond donors (Lipinski definition) is 1. The van der Waals surface area contributed by atoms with E-state index in [1.807, 2.05) is 60.7 Å². The summed E-state index contributed by atoms with van der Waals surface area (Å²) in [6.45, 7) is 11.0. The first-order chi connectivity index (χ1) is 21.8. The minimum Gasteiger partial charge on any atom is -0.394 e. The van der Waals surface area contributed by atoms with Gasteiger partial charge in [0.1, 0.15) is 11.6 Å². The van der Waals surface area contributed by atoms with Gasteiger partial charge in [-0.1, -0.05) is 102 Å². The Morgan fingerprint density at radius 2 is 1.67 bits per heavy atom. The van der Waals surface area contributed by atoms with Gasteiger partial charge in [-0.05, 0) is 30.4 Å². The SMILES string of the molecule is C=CCN(CCCC)C(=O)C1N([C@@H](CO)Cc2ccccc2)C(=O)[C@@H]2[C@@H](C(=O)N(CC=C)Cc3ccccc3)[C@@H]3OC12CC3Br. The zero-order valence-corrected chi connectivity index (χ0v) is 27.6. The van der Waals surface area contributed by atoms with Gasteiger partial charge in [-0.25, -0.2) is 0 Å². The monoisotopic (exact) mass is 677 g/mol. The highest BCUT2D eigenvalue weighted by atomic mass is 79.9. The molecule has 0 radical (unpaired) electrons. The highest BCUT2D eigenvalue weighted by Crippen LogP contribution is 2.61. The van der Waals surface area contributed by atoms with Gasteiger partial charge in [0.25, 0.3) is 0 Å². The van der Waals surface area contributed by atoms with Crippen molar-refractivity contribution in [2.75, 3.05) is 26.2 Å². The number of ether oxygens (including phenoxy) is 1. The van der Waals surface area contributed by atoms with Gasteiger partial charge in [0.15, 0.2) is 0 Å². The van der Waals surface area contributed by atoms with E-state index in [0.29, 0.717) is 39.0 Å². The Hall–Kier alpha value is -3.27. The summed E-state index contributed by atoms with van der Waals surface area (Å²) in [6, 6.07) is 17.7. The Kier molecular flexibility index (Phi) is 10.6. The Labute approximate surface area is 274 Å². The van der Waals surface area contributed by atoms with Crippen LogP contribution in [-0.4, -0.2) is 92.4 Å². The zero-order chi connectivity index (χ0) is 32.1. The second kappa shape index (κ2) is 14.4. The number of aliphatic hydroxyl groups is 1. The number of alkyl halides is 1. The number of aliphatic hydroxyl groups excluding tert-OH is 1. The van der Waals surface area contributed by atoms with Gasteiger partial charge >= 0.3 is 0 Å². The number of hydrogen-bond acceptors (Lipinski definition) is 5. The summed E-state index contributed by atoms with van der Waals surface area (Å²) in [5, 5.41) is 10.8. The van der Waals surface area contributed by atoms with Crippen molar-refractivity contribution in [3.63, 3.8) is 0 Å². The third-order valence-electron chi connectivity index (χ3n) is 9.48. The molecule has 3 heterocycles. The van der Waals surface area contributed by atoms with Gasteiger partial charge in [-0.2, -0.15) is 0 Å². The Bertz CT molecular complexity index is 1370. The lowest BCUT2D eigenvalue weighted by atomic mass is 9.70. The maximum atomic E-state index is 14.8. The fourth-order valence-corrected chi connectivity index (χ4v) is 8.47. The second-order valence-electron chi connectivity index (χ2n) is 12.4. The van der Waals surface area contributed by atoms with Crippen LogP contribution in [0, 0.1) is 11.8 Å². The molecule has 45 heavy (non-hydrogen) atoms. The number of benzene rings is 2.